The van der Waals surface area contributed by atoms with Crippen molar-refractivity contribution in [1.29, 1.82) is 0 Å². The Morgan fingerprint density at radius 3 is 1.81 bits per heavy atom. The molecule has 186 valence electrons. The van der Waals surface area contributed by atoms with Crippen LogP contribution in [0.4, 0.5) is 11.4 Å². The van der Waals surface area contributed by atoms with Gasteiger partial charge in [-0.15, -0.1) is 23.2 Å². The maximum atomic E-state index is 13.8. The predicted molar refractivity (Wildman–Crippen MR) is 136 cm³/mol. The first kappa shape index (κ1) is 23.6. The van der Waals surface area contributed by atoms with Crippen molar-refractivity contribution < 1.29 is 19.3 Å². The Labute approximate surface area is 221 Å². The van der Waals surface area contributed by atoms with Gasteiger partial charge >= 0.3 is 0 Å². The predicted octanol–water partition coefficient (Wildman–Crippen LogP) is 4.43. The molecule has 8 nitrogen and oxygen atoms in total. The van der Waals surface area contributed by atoms with Gasteiger partial charge in [0, 0.05) is 17.3 Å². The van der Waals surface area contributed by atoms with Gasteiger partial charge in [-0.25, -0.2) is 0 Å². The van der Waals surface area contributed by atoms with Crippen molar-refractivity contribution in [3.05, 3.63) is 105 Å². The lowest BCUT2D eigenvalue weighted by Crippen LogP contribution is -2.57. The van der Waals surface area contributed by atoms with Gasteiger partial charge in [0.25, 0.3) is 5.69 Å². The van der Waals surface area contributed by atoms with E-state index in [-0.39, 0.29) is 11.4 Å². The van der Waals surface area contributed by atoms with E-state index in [0.29, 0.717) is 27.8 Å². The van der Waals surface area contributed by atoms with E-state index in [0.717, 1.165) is 4.90 Å². The van der Waals surface area contributed by atoms with Crippen LogP contribution in [0.1, 0.15) is 27.8 Å². The molecule has 1 fully saturated rings. The van der Waals surface area contributed by atoms with Crippen LogP contribution in [0.5, 0.6) is 0 Å². The number of amides is 3. The van der Waals surface area contributed by atoms with Gasteiger partial charge in [0.05, 0.1) is 16.8 Å². The van der Waals surface area contributed by atoms with E-state index in [2.05, 4.69) is 5.32 Å². The Kier molecular flexibility index (Phi) is 5.03. The number of nitro groups is 1. The SMILES string of the molecule is Cc1ccc(NC(=O)CN2C(=O)[C@@H]3[C@H](C2=O)C2(Cl)c4ccccc4C3(Cl)c3ccccc32)cc1[N+](=O)[O-]. The maximum Gasteiger partial charge on any atom is 0.274 e. The molecule has 0 spiro atoms. The van der Waals surface area contributed by atoms with Crippen LogP contribution in [-0.4, -0.2) is 34.1 Å². The Hall–Kier alpha value is -3.75. The highest BCUT2D eigenvalue weighted by molar-refractivity contribution is 6.36. The van der Waals surface area contributed by atoms with Crippen LogP contribution in [0.25, 0.3) is 0 Å². The molecule has 4 aliphatic rings. The van der Waals surface area contributed by atoms with Crippen molar-refractivity contribution in [3.8, 4) is 0 Å². The van der Waals surface area contributed by atoms with E-state index in [1.165, 1.54) is 18.2 Å². The van der Waals surface area contributed by atoms with Gasteiger partial charge in [-0.3, -0.25) is 29.4 Å². The topological polar surface area (TPSA) is 110 Å². The van der Waals surface area contributed by atoms with Gasteiger partial charge < -0.3 is 5.32 Å². The van der Waals surface area contributed by atoms with Crippen LogP contribution in [-0.2, 0) is 24.1 Å². The van der Waals surface area contributed by atoms with Crippen LogP contribution in [0.3, 0.4) is 0 Å². The van der Waals surface area contributed by atoms with Gasteiger partial charge in [0.15, 0.2) is 0 Å². The van der Waals surface area contributed by atoms with Gasteiger partial charge in [-0.1, -0.05) is 54.6 Å². The molecule has 0 saturated carbocycles. The van der Waals surface area contributed by atoms with Crippen molar-refractivity contribution in [2.45, 2.75) is 16.7 Å². The van der Waals surface area contributed by atoms with Crippen molar-refractivity contribution >= 4 is 52.3 Å². The monoisotopic (exact) mass is 535 g/mol. The van der Waals surface area contributed by atoms with E-state index in [1.807, 2.05) is 48.5 Å². The first-order valence-corrected chi connectivity index (χ1v) is 12.3. The zero-order valence-electron chi connectivity index (χ0n) is 19.4. The van der Waals surface area contributed by atoms with Crippen LogP contribution in [0, 0.1) is 28.9 Å². The smallest absolute Gasteiger partial charge is 0.274 e. The summed E-state index contributed by atoms with van der Waals surface area (Å²) in [6, 6.07) is 18.8. The first-order chi connectivity index (χ1) is 17.6. The molecule has 1 saturated heterocycles. The number of nitrogens with zero attached hydrogens (tertiary/aromatic N) is 2. The van der Waals surface area contributed by atoms with Crippen molar-refractivity contribution in [3.63, 3.8) is 0 Å². The molecule has 1 heterocycles. The molecule has 1 aliphatic heterocycles. The molecule has 7 rings (SSSR count). The molecule has 3 aromatic rings. The number of hydrogen-bond acceptors (Lipinski definition) is 5. The highest BCUT2D eigenvalue weighted by Gasteiger charge is 2.73. The minimum absolute atomic E-state index is 0.155. The number of hydrogen-bond donors (Lipinski definition) is 1. The summed E-state index contributed by atoms with van der Waals surface area (Å²) >= 11 is 14.7. The fourth-order valence-corrected chi connectivity index (χ4v) is 7.21. The number of carbonyl (C=O) groups excluding carboxylic acids is 3. The largest absolute Gasteiger partial charge is 0.324 e. The minimum Gasteiger partial charge on any atom is -0.324 e. The molecule has 0 radical (unpaired) electrons. The summed E-state index contributed by atoms with van der Waals surface area (Å²) in [4.78, 5) is 49.4. The van der Waals surface area contributed by atoms with E-state index in [9.17, 15) is 24.5 Å². The molecule has 0 aromatic heterocycles. The van der Waals surface area contributed by atoms with Crippen LogP contribution in [0.2, 0.25) is 0 Å². The number of likely N-dealkylation sites (tertiary alicyclic amines) is 1. The second-order valence-corrected chi connectivity index (χ2v) is 10.7. The first-order valence-electron chi connectivity index (χ1n) is 11.6. The molecular weight excluding hydrogens is 517 g/mol. The zero-order valence-corrected chi connectivity index (χ0v) is 20.9. The molecule has 2 atom stereocenters. The van der Waals surface area contributed by atoms with Gasteiger partial charge in [0.1, 0.15) is 16.3 Å². The Morgan fingerprint density at radius 1 is 0.919 bits per heavy atom. The summed E-state index contributed by atoms with van der Waals surface area (Å²) in [5.41, 5.74) is 3.15. The van der Waals surface area contributed by atoms with Crippen molar-refractivity contribution in [2.24, 2.45) is 11.8 Å². The molecular formula is C27H19Cl2N3O5. The summed E-state index contributed by atoms with van der Waals surface area (Å²) in [6.45, 7) is 1.01. The summed E-state index contributed by atoms with van der Waals surface area (Å²) in [5, 5.41) is 13.8. The van der Waals surface area contributed by atoms with Gasteiger partial charge in [-0.2, -0.15) is 0 Å². The van der Waals surface area contributed by atoms with E-state index >= 15 is 0 Å². The standard InChI is InChI=1S/C27H19Cl2N3O5/c1-14-10-11-15(12-20(14)32(36)37)30-21(33)13-31-24(34)22-23(25(31)35)27(29)17-7-3-2-6-16(17)26(22,28)18-8-4-5-9-19(18)27/h2-12,22-23H,13H2,1H3,(H,30,33)/t22-,23+,26?,27?. The molecule has 3 aromatic carbocycles. The number of nitro benzene ring substituents is 1. The number of rotatable bonds is 4. The van der Waals surface area contributed by atoms with Crippen LogP contribution < -0.4 is 5.32 Å². The van der Waals surface area contributed by atoms with E-state index in [4.69, 9.17) is 23.2 Å². The number of halogens is 2. The average molecular weight is 536 g/mol. The summed E-state index contributed by atoms with van der Waals surface area (Å²) in [6.07, 6.45) is 0. The van der Waals surface area contributed by atoms with E-state index in [1.54, 1.807) is 6.92 Å². The molecule has 1 N–H and O–H groups in total. The third-order valence-electron chi connectivity index (χ3n) is 7.67. The number of imide groups is 1. The molecule has 37 heavy (non-hydrogen) atoms. The second kappa shape index (κ2) is 7.87. The fraction of sp³-hybridized carbons (Fsp3) is 0.222. The quantitative estimate of drug-likeness (QED) is 0.230. The maximum absolute atomic E-state index is 13.8. The number of carbonyl (C=O) groups is 3. The van der Waals surface area contributed by atoms with Gasteiger partial charge in [0.2, 0.25) is 17.7 Å². The normalized spacial score (nSPS) is 26.9. The Bertz CT molecular complexity index is 1430. The van der Waals surface area contributed by atoms with Gasteiger partial charge in [-0.05, 0) is 35.2 Å². The molecule has 3 aliphatic carbocycles. The van der Waals surface area contributed by atoms with Crippen LogP contribution in [0.15, 0.2) is 66.7 Å². The number of benzene rings is 3. The Morgan fingerprint density at radius 2 is 1.38 bits per heavy atom. The molecule has 2 bridgehead atoms. The number of alkyl halides is 2. The third kappa shape index (κ3) is 3.00. The molecule has 3 amide bonds. The summed E-state index contributed by atoms with van der Waals surface area (Å²) in [5.74, 6) is -3.84. The van der Waals surface area contributed by atoms with Crippen molar-refractivity contribution in [1.82, 2.24) is 4.90 Å². The van der Waals surface area contributed by atoms with Crippen molar-refractivity contribution in [2.75, 3.05) is 11.9 Å². The number of aryl methyl sites for hydroxylation is 1. The highest BCUT2D eigenvalue weighted by atomic mass is 35.5. The number of anilines is 1. The molecule has 10 heteroatoms. The lowest BCUT2D eigenvalue weighted by molar-refractivity contribution is -0.385. The lowest BCUT2D eigenvalue weighted by atomic mass is 9.54. The number of nitrogens with one attached hydrogen (secondary N) is 1. The average Bonchev–Trinajstić information content (AvgIpc) is 3.14. The fourth-order valence-electron chi connectivity index (χ4n) is 6.11. The third-order valence-corrected chi connectivity index (χ3v) is 8.95. The minimum atomic E-state index is -1.33. The second-order valence-electron chi connectivity index (χ2n) is 9.54. The van der Waals surface area contributed by atoms with E-state index < -0.39 is 50.8 Å². The van der Waals surface area contributed by atoms with Crippen LogP contribution >= 0.6 is 23.2 Å². The lowest BCUT2D eigenvalue weighted by Gasteiger charge is -2.54. The summed E-state index contributed by atoms with van der Waals surface area (Å²) < 4.78 is 0. The Balaban J connectivity index is 1.37. The molecule has 0 unspecified atom stereocenters. The summed E-state index contributed by atoms with van der Waals surface area (Å²) in [7, 11) is 0. The highest BCUT2D eigenvalue weighted by Crippen LogP contribution is 2.69. The zero-order chi connectivity index (χ0) is 26.3.